The summed E-state index contributed by atoms with van der Waals surface area (Å²) in [6.45, 7) is 1.72. The number of aryl methyl sites for hydroxylation is 1. The molecule has 16 heavy (non-hydrogen) atoms. The van der Waals surface area contributed by atoms with Gasteiger partial charge >= 0.3 is 0 Å². The summed E-state index contributed by atoms with van der Waals surface area (Å²) < 4.78 is 22.5. The van der Waals surface area contributed by atoms with Crippen molar-refractivity contribution in [3.05, 3.63) is 23.8 Å². The summed E-state index contributed by atoms with van der Waals surface area (Å²) in [7, 11) is -3.21. The highest BCUT2D eigenvalue weighted by molar-refractivity contribution is 7.90. The van der Waals surface area contributed by atoms with Crippen LogP contribution in [0.3, 0.4) is 0 Å². The van der Waals surface area contributed by atoms with Crippen LogP contribution in [0.25, 0.3) is 0 Å². The van der Waals surface area contributed by atoms with Crippen molar-refractivity contribution in [1.82, 2.24) is 0 Å². The molecule has 0 saturated carbocycles. The van der Waals surface area contributed by atoms with E-state index in [1.165, 1.54) is 12.1 Å². The lowest BCUT2D eigenvalue weighted by Crippen LogP contribution is -2.13. The number of hydrogen-bond donors (Lipinski definition) is 1. The minimum absolute atomic E-state index is 0.132. The molecule has 0 saturated heterocycles. The lowest BCUT2D eigenvalue weighted by atomic mass is 10.2. The molecule has 0 heterocycles. The van der Waals surface area contributed by atoms with Gasteiger partial charge in [-0.1, -0.05) is 0 Å². The molecule has 0 spiro atoms. The van der Waals surface area contributed by atoms with Gasteiger partial charge in [0.05, 0.1) is 4.90 Å². The Kier molecular flexibility index (Phi) is 3.93. The smallest absolute Gasteiger partial charge is 0.239 e. The zero-order valence-electron chi connectivity index (χ0n) is 8.95. The largest absolute Gasteiger partial charge is 0.325 e. The Bertz CT molecular complexity index is 511. The van der Waals surface area contributed by atoms with Crippen LogP contribution in [0.1, 0.15) is 5.56 Å². The van der Waals surface area contributed by atoms with Gasteiger partial charge < -0.3 is 5.32 Å². The van der Waals surface area contributed by atoms with Crippen molar-refractivity contribution < 1.29 is 13.2 Å². The van der Waals surface area contributed by atoms with E-state index in [1.54, 1.807) is 13.0 Å². The van der Waals surface area contributed by atoms with E-state index in [0.717, 1.165) is 6.26 Å². The monoisotopic (exact) mass is 261 g/mol. The number of hydrogen-bond acceptors (Lipinski definition) is 3. The minimum atomic E-state index is -3.21. The van der Waals surface area contributed by atoms with Gasteiger partial charge in [-0.15, -0.1) is 11.6 Å². The number of rotatable bonds is 3. The first-order chi connectivity index (χ1) is 7.34. The molecule has 0 aromatic heterocycles. The van der Waals surface area contributed by atoms with Gasteiger partial charge in [0.1, 0.15) is 5.88 Å². The van der Waals surface area contributed by atoms with E-state index >= 15 is 0 Å². The maximum absolute atomic E-state index is 11.3. The van der Waals surface area contributed by atoms with Crippen LogP contribution in [0.5, 0.6) is 0 Å². The van der Waals surface area contributed by atoms with Crippen molar-refractivity contribution in [2.75, 3.05) is 17.5 Å². The fraction of sp³-hybridized carbons (Fsp3) is 0.300. The van der Waals surface area contributed by atoms with Gasteiger partial charge in [-0.25, -0.2) is 8.42 Å². The predicted octanol–water partition coefficient (Wildman–Crippen LogP) is 1.58. The number of halogens is 1. The molecule has 6 heteroatoms. The number of alkyl halides is 1. The Balaban J connectivity index is 3.06. The molecule has 1 amide bonds. The third-order valence-corrected chi connectivity index (χ3v) is 3.37. The highest BCUT2D eigenvalue weighted by Crippen LogP contribution is 2.19. The third kappa shape index (κ3) is 3.21. The Morgan fingerprint density at radius 1 is 1.44 bits per heavy atom. The van der Waals surface area contributed by atoms with Crippen LogP contribution < -0.4 is 5.32 Å². The van der Waals surface area contributed by atoms with Gasteiger partial charge in [-0.3, -0.25) is 4.79 Å². The quantitative estimate of drug-likeness (QED) is 0.840. The van der Waals surface area contributed by atoms with E-state index in [-0.39, 0.29) is 16.7 Å². The predicted molar refractivity (Wildman–Crippen MR) is 63.6 cm³/mol. The molecule has 0 fully saturated rings. The van der Waals surface area contributed by atoms with Crippen LogP contribution in [0.2, 0.25) is 0 Å². The van der Waals surface area contributed by atoms with E-state index in [2.05, 4.69) is 5.32 Å². The molecule has 0 bridgehead atoms. The summed E-state index contributed by atoms with van der Waals surface area (Å²) >= 11 is 5.35. The summed E-state index contributed by atoms with van der Waals surface area (Å²) in [6, 6.07) is 4.52. The molecule has 0 aliphatic rings. The highest BCUT2D eigenvalue weighted by Gasteiger charge is 2.09. The molecule has 1 aromatic carbocycles. The Hall–Kier alpha value is -1.07. The van der Waals surface area contributed by atoms with Crippen LogP contribution in [0, 0.1) is 6.92 Å². The molecule has 1 aromatic rings. The second-order valence-electron chi connectivity index (χ2n) is 3.43. The van der Waals surface area contributed by atoms with Crippen molar-refractivity contribution in [1.29, 1.82) is 0 Å². The molecule has 0 aliphatic heterocycles. The number of benzene rings is 1. The molecular formula is C10H12ClNO3S. The molecule has 1 N–H and O–H groups in total. The van der Waals surface area contributed by atoms with Crippen molar-refractivity contribution in [2.24, 2.45) is 0 Å². The minimum Gasteiger partial charge on any atom is -0.325 e. The van der Waals surface area contributed by atoms with Crippen molar-refractivity contribution >= 4 is 33.0 Å². The number of nitrogens with one attached hydrogen (secondary N) is 1. The molecule has 88 valence electrons. The van der Waals surface area contributed by atoms with Crippen LogP contribution in [-0.2, 0) is 14.6 Å². The summed E-state index contributed by atoms with van der Waals surface area (Å²) in [4.78, 5) is 11.3. The second-order valence-corrected chi connectivity index (χ2v) is 5.71. The number of carbonyl (C=O) groups is 1. The molecule has 1 rings (SSSR count). The molecule has 0 radical (unpaired) electrons. The van der Waals surface area contributed by atoms with Crippen LogP contribution in [-0.4, -0.2) is 26.5 Å². The number of amides is 1. The number of sulfone groups is 1. The first-order valence-electron chi connectivity index (χ1n) is 4.51. The van der Waals surface area contributed by atoms with Crippen LogP contribution in [0.4, 0.5) is 5.69 Å². The van der Waals surface area contributed by atoms with Gasteiger partial charge in [0.15, 0.2) is 9.84 Å². The van der Waals surface area contributed by atoms with E-state index in [0.29, 0.717) is 11.3 Å². The normalized spacial score (nSPS) is 11.2. The van der Waals surface area contributed by atoms with E-state index in [1.807, 2.05) is 0 Å². The van der Waals surface area contributed by atoms with Crippen molar-refractivity contribution in [3.8, 4) is 0 Å². The number of anilines is 1. The van der Waals surface area contributed by atoms with Crippen molar-refractivity contribution in [3.63, 3.8) is 0 Å². The molecular weight excluding hydrogens is 250 g/mol. The fourth-order valence-corrected chi connectivity index (χ4v) is 1.96. The topological polar surface area (TPSA) is 63.2 Å². The van der Waals surface area contributed by atoms with E-state index in [9.17, 15) is 13.2 Å². The maximum atomic E-state index is 11.3. The van der Waals surface area contributed by atoms with Gasteiger partial charge in [0.25, 0.3) is 0 Å². The van der Waals surface area contributed by atoms with Crippen LogP contribution >= 0.6 is 11.6 Å². The molecule has 4 nitrogen and oxygen atoms in total. The lowest BCUT2D eigenvalue weighted by Gasteiger charge is -2.08. The number of carbonyl (C=O) groups excluding carboxylic acids is 1. The summed E-state index contributed by atoms with van der Waals surface area (Å²) in [5.74, 6) is -0.454. The standard InChI is InChI=1S/C10H12ClNO3S/c1-7-5-8(16(2,14)15)3-4-9(7)12-10(13)6-11/h3-5H,6H2,1-2H3,(H,12,13). The third-order valence-electron chi connectivity index (χ3n) is 2.02. The zero-order valence-corrected chi connectivity index (χ0v) is 10.5. The Morgan fingerprint density at radius 3 is 2.50 bits per heavy atom. The van der Waals surface area contributed by atoms with Crippen molar-refractivity contribution in [2.45, 2.75) is 11.8 Å². The molecule has 0 aliphatic carbocycles. The molecule has 0 atom stereocenters. The SMILES string of the molecule is Cc1cc(S(C)(=O)=O)ccc1NC(=O)CCl. The summed E-state index contributed by atoms with van der Waals surface area (Å²) in [5, 5.41) is 2.57. The van der Waals surface area contributed by atoms with Gasteiger partial charge in [-0.2, -0.15) is 0 Å². The lowest BCUT2D eigenvalue weighted by molar-refractivity contribution is -0.113. The van der Waals surface area contributed by atoms with Gasteiger partial charge in [0, 0.05) is 11.9 Å². The maximum Gasteiger partial charge on any atom is 0.239 e. The Morgan fingerprint density at radius 2 is 2.06 bits per heavy atom. The first kappa shape index (κ1) is 13.0. The fourth-order valence-electron chi connectivity index (χ4n) is 1.19. The summed E-state index contributed by atoms with van der Waals surface area (Å²) in [5.41, 5.74) is 1.25. The average molecular weight is 262 g/mol. The summed E-state index contributed by atoms with van der Waals surface area (Å²) in [6.07, 6.45) is 1.14. The first-order valence-corrected chi connectivity index (χ1v) is 6.93. The highest BCUT2D eigenvalue weighted by atomic mass is 35.5. The average Bonchev–Trinajstić information content (AvgIpc) is 2.19. The zero-order chi connectivity index (χ0) is 12.3. The van der Waals surface area contributed by atoms with Crippen LogP contribution in [0.15, 0.2) is 23.1 Å². The van der Waals surface area contributed by atoms with Gasteiger partial charge in [-0.05, 0) is 30.7 Å². The second kappa shape index (κ2) is 4.84. The van der Waals surface area contributed by atoms with E-state index < -0.39 is 9.84 Å². The van der Waals surface area contributed by atoms with E-state index in [4.69, 9.17) is 11.6 Å². The Labute approximate surface area is 99.5 Å². The van der Waals surface area contributed by atoms with Gasteiger partial charge in [0.2, 0.25) is 5.91 Å². The molecule has 0 unspecified atom stereocenters.